The molecule has 19 heavy (non-hydrogen) atoms. The molecule has 2 aromatic heterocycles. The van der Waals surface area contributed by atoms with Gasteiger partial charge in [-0.3, -0.25) is 10.4 Å². The van der Waals surface area contributed by atoms with Gasteiger partial charge in [0.25, 0.3) is 0 Å². The summed E-state index contributed by atoms with van der Waals surface area (Å²) in [6.45, 7) is 2.41. The fraction of sp³-hybridized carbons (Fsp3) is 0.250. The van der Waals surface area contributed by atoms with Crippen LogP contribution in [0.3, 0.4) is 0 Å². The fourth-order valence-electron chi connectivity index (χ4n) is 1.51. The van der Waals surface area contributed by atoms with E-state index in [1.54, 1.807) is 18.5 Å². The Morgan fingerprint density at radius 3 is 3.00 bits per heavy atom. The van der Waals surface area contributed by atoms with Gasteiger partial charge in [-0.2, -0.15) is 5.10 Å². The number of nitrogens with one attached hydrogen (secondary N) is 3. The van der Waals surface area contributed by atoms with Crippen LogP contribution in [0, 0.1) is 6.92 Å². The highest BCUT2D eigenvalue weighted by atomic mass is 79.9. The maximum absolute atomic E-state index is 11.6. The minimum Gasteiger partial charge on any atom is -0.337 e. The van der Waals surface area contributed by atoms with E-state index in [0.29, 0.717) is 12.4 Å². The highest BCUT2D eigenvalue weighted by molar-refractivity contribution is 9.10. The van der Waals surface area contributed by atoms with E-state index in [2.05, 4.69) is 41.7 Å². The Kier molecular flexibility index (Phi) is 4.51. The number of nitrogens with zero attached hydrogens (tertiary/aromatic N) is 2. The lowest BCUT2D eigenvalue weighted by Gasteiger charge is -2.07. The van der Waals surface area contributed by atoms with Gasteiger partial charge in [0.15, 0.2) is 0 Å². The van der Waals surface area contributed by atoms with Gasteiger partial charge in [-0.05, 0) is 47.0 Å². The van der Waals surface area contributed by atoms with E-state index < -0.39 is 0 Å². The maximum atomic E-state index is 11.6. The SMILES string of the molecule is Cc1nc(NC(=O)NCCc2cn[nH]c2)ccc1Br. The van der Waals surface area contributed by atoms with Gasteiger partial charge in [0, 0.05) is 17.2 Å². The molecule has 0 bridgehead atoms. The maximum Gasteiger partial charge on any atom is 0.320 e. The summed E-state index contributed by atoms with van der Waals surface area (Å²) in [6.07, 6.45) is 4.27. The smallest absolute Gasteiger partial charge is 0.320 e. The number of aryl methyl sites for hydroxylation is 1. The molecule has 2 aromatic rings. The van der Waals surface area contributed by atoms with Crippen LogP contribution in [0.15, 0.2) is 29.0 Å². The molecule has 0 aliphatic heterocycles. The monoisotopic (exact) mass is 323 g/mol. The summed E-state index contributed by atoms with van der Waals surface area (Å²) >= 11 is 3.36. The molecule has 3 N–H and O–H groups in total. The molecule has 0 aliphatic carbocycles. The van der Waals surface area contributed by atoms with Crippen molar-refractivity contribution in [2.24, 2.45) is 0 Å². The van der Waals surface area contributed by atoms with E-state index >= 15 is 0 Å². The molecular weight excluding hydrogens is 310 g/mol. The molecule has 0 fully saturated rings. The van der Waals surface area contributed by atoms with Gasteiger partial charge in [-0.1, -0.05) is 0 Å². The lowest BCUT2D eigenvalue weighted by atomic mass is 10.2. The zero-order valence-corrected chi connectivity index (χ0v) is 12.0. The molecule has 7 heteroatoms. The van der Waals surface area contributed by atoms with Gasteiger partial charge in [-0.15, -0.1) is 0 Å². The molecule has 0 saturated carbocycles. The fourth-order valence-corrected chi connectivity index (χ4v) is 1.73. The summed E-state index contributed by atoms with van der Waals surface area (Å²) in [4.78, 5) is 15.9. The van der Waals surface area contributed by atoms with E-state index in [1.807, 2.05) is 13.0 Å². The van der Waals surface area contributed by atoms with Crippen LogP contribution in [-0.4, -0.2) is 27.8 Å². The third-order valence-corrected chi connectivity index (χ3v) is 3.36. The number of urea groups is 1. The predicted molar refractivity (Wildman–Crippen MR) is 76.0 cm³/mol. The second-order valence-electron chi connectivity index (χ2n) is 4.00. The Bertz CT molecular complexity index is 555. The number of aromatic amines is 1. The number of amides is 2. The standard InChI is InChI=1S/C12H14BrN5O/c1-8-10(13)2-3-11(17-8)18-12(19)14-5-4-9-6-15-16-7-9/h2-3,6-7H,4-5H2,1H3,(H,15,16)(H2,14,17,18,19). The number of pyridine rings is 1. The third-order valence-electron chi connectivity index (χ3n) is 2.52. The molecule has 2 amide bonds. The van der Waals surface area contributed by atoms with Crippen molar-refractivity contribution in [3.05, 3.63) is 40.3 Å². The van der Waals surface area contributed by atoms with Crippen molar-refractivity contribution < 1.29 is 4.79 Å². The molecule has 2 rings (SSSR count). The van der Waals surface area contributed by atoms with Crippen molar-refractivity contribution in [1.82, 2.24) is 20.5 Å². The molecule has 2 heterocycles. The summed E-state index contributed by atoms with van der Waals surface area (Å²) in [5, 5.41) is 12.0. The van der Waals surface area contributed by atoms with Gasteiger partial charge in [-0.25, -0.2) is 9.78 Å². The van der Waals surface area contributed by atoms with Gasteiger partial charge in [0.05, 0.1) is 11.9 Å². The molecule has 6 nitrogen and oxygen atoms in total. The van der Waals surface area contributed by atoms with Crippen LogP contribution in [0.4, 0.5) is 10.6 Å². The first kappa shape index (κ1) is 13.5. The van der Waals surface area contributed by atoms with E-state index in [4.69, 9.17) is 0 Å². The number of hydrogen-bond acceptors (Lipinski definition) is 3. The van der Waals surface area contributed by atoms with E-state index in [9.17, 15) is 4.79 Å². The van der Waals surface area contributed by atoms with Crippen LogP contribution in [0.5, 0.6) is 0 Å². The summed E-state index contributed by atoms with van der Waals surface area (Å²) in [7, 11) is 0. The second kappa shape index (κ2) is 6.33. The lowest BCUT2D eigenvalue weighted by molar-refractivity contribution is 0.252. The average molecular weight is 324 g/mol. The molecule has 0 aliphatic rings. The molecule has 0 radical (unpaired) electrons. The van der Waals surface area contributed by atoms with Crippen LogP contribution >= 0.6 is 15.9 Å². The van der Waals surface area contributed by atoms with E-state index in [0.717, 1.165) is 22.2 Å². The number of H-pyrrole nitrogens is 1. The van der Waals surface area contributed by atoms with Crippen molar-refractivity contribution in [1.29, 1.82) is 0 Å². The first-order valence-electron chi connectivity index (χ1n) is 5.81. The Labute approximate surface area is 119 Å². The van der Waals surface area contributed by atoms with Gasteiger partial charge < -0.3 is 5.32 Å². The molecule has 0 aromatic carbocycles. The van der Waals surface area contributed by atoms with Crippen molar-refractivity contribution in [2.45, 2.75) is 13.3 Å². The molecule has 0 spiro atoms. The number of hydrogen-bond donors (Lipinski definition) is 3. The molecule has 0 saturated heterocycles. The minimum atomic E-state index is -0.266. The zero-order valence-electron chi connectivity index (χ0n) is 10.4. The van der Waals surface area contributed by atoms with Crippen LogP contribution < -0.4 is 10.6 Å². The Hall–Kier alpha value is -1.89. The normalized spacial score (nSPS) is 10.2. The number of carbonyl (C=O) groups is 1. The molecule has 100 valence electrons. The third kappa shape index (κ3) is 4.06. The predicted octanol–water partition coefficient (Wildman–Crippen LogP) is 2.24. The lowest BCUT2D eigenvalue weighted by Crippen LogP contribution is -2.30. The number of carbonyl (C=O) groups excluding carboxylic acids is 1. The highest BCUT2D eigenvalue weighted by Gasteiger charge is 2.04. The molecule has 0 atom stereocenters. The van der Waals surface area contributed by atoms with Crippen molar-refractivity contribution >= 4 is 27.8 Å². The van der Waals surface area contributed by atoms with Crippen molar-refractivity contribution in [3.8, 4) is 0 Å². The molecule has 0 unspecified atom stereocenters. The first-order chi connectivity index (χ1) is 9.15. The summed E-state index contributed by atoms with van der Waals surface area (Å²) < 4.78 is 0.915. The van der Waals surface area contributed by atoms with Gasteiger partial charge >= 0.3 is 6.03 Å². The number of halogens is 1. The summed E-state index contributed by atoms with van der Waals surface area (Å²) in [5.41, 5.74) is 1.88. The Balaban J connectivity index is 1.79. The average Bonchev–Trinajstić information content (AvgIpc) is 2.87. The van der Waals surface area contributed by atoms with E-state index in [1.165, 1.54) is 0 Å². The summed E-state index contributed by atoms with van der Waals surface area (Å²) in [5.74, 6) is 0.529. The largest absolute Gasteiger partial charge is 0.337 e. The summed E-state index contributed by atoms with van der Waals surface area (Å²) in [6, 6.07) is 3.33. The quantitative estimate of drug-likeness (QED) is 0.806. The Morgan fingerprint density at radius 2 is 2.32 bits per heavy atom. The number of rotatable bonds is 4. The number of anilines is 1. The highest BCUT2D eigenvalue weighted by Crippen LogP contribution is 2.15. The zero-order chi connectivity index (χ0) is 13.7. The molecular formula is C12H14BrN5O. The van der Waals surface area contributed by atoms with Crippen molar-refractivity contribution in [2.75, 3.05) is 11.9 Å². The second-order valence-corrected chi connectivity index (χ2v) is 4.86. The van der Waals surface area contributed by atoms with Gasteiger partial charge in [0.1, 0.15) is 5.82 Å². The first-order valence-corrected chi connectivity index (χ1v) is 6.60. The number of aromatic nitrogens is 3. The van der Waals surface area contributed by atoms with Crippen LogP contribution in [0.2, 0.25) is 0 Å². The topological polar surface area (TPSA) is 82.7 Å². The van der Waals surface area contributed by atoms with Crippen LogP contribution in [0.1, 0.15) is 11.3 Å². The Morgan fingerprint density at radius 1 is 1.47 bits per heavy atom. The van der Waals surface area contributed by atoms with E-state index in [-0.39, 0.29) is 6.03 Å². The van der Waals surface area contributed by atoms with Gasteiger partial charge in [0.2, 0.25) is 0 Å². The van der Waals surface area contributed by atoms with Crippen LogP contribution in [0.25, 0.3) is 0 Å². The van der Waals surface area contributed by atoms with Crippen LogP contribution in [-0.2, 0) is 6.42 Å². The van der Waals surface area contributed by atoms with Crippen molar-refractivity contribution in [3.63, 3.8) is 0 Å². The minimum absolute atomic E-state index is 0.266.